The quantitative estimate of drug-likeness (QED) is 0.509. The molecule has 0 N–H and O–H groups in total. The van der Waals surface area contributed by atoms with Gasteiger partial charge in [0, 0.05) is 18.5 Å². The number of anilines is 1. The second-order valence-corrected chi connectivity index (χ2v) is 9.50. The zero-order valence-electron chi connectivity index (χ0n) is 19.1. The highest BCUT2D eigenvalue weighted by molar-refractivity contribution is 8.03. The van der Waals surface area contributed by atoms with Gasteiger partial charge in [-0.25, -0.2) is 4.79 Å². The van der Waals surface area contributed by atoms with Gasteiger partial charge >= 0.3 is 5.97 Å². The number of allylic oxidation sites excluding steroid dienone is 1. The lowest BCUT2D eigenvalue weighted by molar-refractivity contribution is -0.136. The number of thiazole rings is 1. The smallest absolute Gasteiger partial charge is 0.351 e. The molecule has 2 aromatic carbocycles. The van der Waals surface area contributed by atoms with Crippen LogP contribution in [0.3, 0.4) is 0 Å². The lowest BCUT2D eigenvalue weighted by Gasteiger charge is -2.14. The number of rotatable bonds is 5. The average molecular weight is 490 g/mol. The van der Waals surface area contributed by atoms with Crippen LogP contribution in [0.2, 0.25) is 0 Å². The third-order valence-electron chi connectivity index (χ3n) is 5.38. The lowest BCUT2D eigenvalue weighted by Crippen LogP contribution is -2.32. The minimum atomic E-state index is -0.714. The largest absolute Gasteiger partial charge is 0.462 e. The fraction of sp³-hybridized carbons (Fsp3) is 0.192. The number of benzene rings is 2. The number of hydrogen-bond acceptors (Lipinski definition) is 7. The normalized spacial score (nSPS) is 15.3. The number of nitrogens with zero attached hydrogens (tertiary/aromatic N) is 3. The molecule has 1 aliphatic rings. The molecule has 6 nitrogen and oxygen atoms in total. The number of nitriles is 1. The fourth-order valence-electron chi connectivity index (χ4n) is 3.66. The molecule has 0 radical (unpaired) electrons. The van der Waals surface area contributed by atoms with Crippen LogP contribution in [-0.2, 0) is 16.1 Å². The van der Waals surface area contributed by atoms with E-state index in [1.54, 1.807) is 24.8 Å². The second kappa shape index (κ2) is 10.2. The molecule has 34 heavy (non-hydrogen) atoms. The Kier molecular flexibility index (Phi) is 7.06. The van der Waals surface area contributed by atoms with E-state index in [4.69, 9.17) is 4.74 Å². The summed E-state index contributed by atoms with van der Waals surface area (Å²) >= 11 is 2.76. The van der Waals surface area contributed by atoms with Crippen LogP contribution in [0.15, 0.2) is 69.3 Å². The predicted molar refractivity (Wildman–Crippen MR) is 138 cm³/mol. The van der Waals surface area contributed by atoms with Crippen molar-refractivity contribution >= 4 is 46.4 Å². The standard InChI is InChI=1S/C26H23N3O3S2/c1-4-29-24(30)22(34-25(29)19(16-27)26(31)32-5-2)13-14-23-28(3)20-15-18(11-12-21(20)33-23)17-9-7-6-8-10-17/h6-15H,4-5H2,1-3H3/b22-13+,23-14-,25-19+. The summed E-state index contributed by atoms with van der Waals surface area (Å²) < 4.78 is 7.21. The fourth-order valence-corrected chi connectivity index (χ4v) is 5.79. The topological polar surface area (TPSA) is 75.3 Å². The van der Waals surface area contributed by atoms with Gasteiger partial charge in [-0.1, -0.05) is 48.2 Å². The lowest BCUT2D eigenvalue weighted by atomic mass is 10.1. The Bertz CT molecular complexity index is 1490. The Labute approximate surface area is 205 Å². The molecule has 0 amide bonds. The van der Waals surface area contributed by atoms with E-state index in [0.717, 1.165) is 38.1 Å². The van der Waals surface area contributed by atoms with Gasteiger partial charge < -0.3 is 9.64 Å². The Balaban J connectivity index is 1.73. The molecule has 172 valence electrons. The third-order valence-corrected chi connectivity index (χ3v) is 7.71. The van der Waals surface area contributed by atoms with Crippen molar-refractivity contribution in [1.82, 2.24) is 4.57 Å². The number of ether oxygens (including phenoxy) is 1. The van der Waals surface area contributed by atoms with Gasteiger partial charge in [-0.2, -0.15) is 5.26 Å². The van der Waals surface area contributed by atoms with Crippen LogP contribution >= 0.6 is 23.1 Å². The van der Waals surface area contributed by atoms with Crippen molar-refractivity contribution in [3.05, 3.63) is 79.2 Å². The molecule has 1 aliphatic heterocycles. The Morgan fingerprint density at radius 3 is 2.56 bits per heavy atom. The van der Waals surface area contributed by atoms with Crippen LogP contribution in [0.5, 0.6) is 0 Å². The highest BCUT2D eigenvalue weighted by Gasteiger charge is 2.22. The van der Waals surface area contributed by atoms with Gasteiger partial charge in [-0.05, 0) is 49.3 Å². The first-order valence-electron chi connectivity index (χ1n) is 10.8. The highest BCUT2D eigenvalue weighted by atomic mass is 32.2. The molecule has 8 heteroatoms. The van der Waals surface area contributed by atoms with Crippen molar-refractivity contribution in [3.8, 4) is 17.2 Å². The molecule has 0 unspecified atom stereocenters. The van der Waals surface area contributed by atoms with Crippen molar-refractivity contribution in [1.29, 1.82) is 5.26 Å². The van der Waals surface area contributed by atoms with Crippen molar-refractivity contribution < 1.29 is 9.53 Å². The van der Waals surface area contributed by atoms with Crippen LogP contribution in [0.1, 0.15) is 13.8 Å². The number of fused-ring (bicyclic) bond motifs is 1. The summed E-state index contributed by atoms with van der Waals surface area (Å²) in [7, 11) is 2.00. The van der Waals surface area contributed by atoms with Crippen molar-refractivity contribution in [3.63, 3.8) is 0 Å². The van der Waals surface area contributed by atoms with Gasteiger partial charge in [0.05, 0.1) is 21.9 Å². The number of carbonyl (C=O) groups is 1. The summed E-state index contributed by atoms with van der Waals surface area (Å²) in [5, 5.41) is 10.5. The molecular weight excluding hydrogens is 466 g/mol. The second-order valence-electron chi connectivity index (χ2n) is 7.41. The summed E-state index contributed by atoms with van der Waals surface area (Å²) in [6.07, 6.45) is 3.66. The molecule has 0 bridgehead atoms. The summed E-state index contributed by atoms with van der Waals surface area (Å²) in [5.41, 5.74) is 3.03. The van der Waals surface area contributed by atoms with E-state index in [1.807, 2.05) is 44.3 Å². The Morgan fingerprint density at radius 2 is 1.88 bits per heavy atom. The first-order valence-corrected chi connectivity index (χ1v) is 12.5. The van der Waals surface area contributed by atoms with Gasteiger partial charge in [0.15, 0.2) is 5.57 Å². The van der Waals surface area contributed by atoms with E-state index in [9.17, 15) is 14.9 Å². The number of hydrogen-bond donors (Lipinski definition) is 0. The number of carbonyl (C=O) groups excluding carboxylic acids is 1. The molecule has 0 fully saturated rings. The summed E-state index contributed by atoms with van der Waals surface area (Å²) in [5.74, 6) is -0.714. The summed E-state index contributed by atoms with van der Waals surface area (Å²) in [6.45, 7) is 3.99. The van der Waals surface area contributed by atoms with E-state index in [0.29, 0.717) is 15.7 Å². The maximum absolute atomic E-state index is 12.9. The number of aromatic nitrogens is 1. The van der Waals surface area contributed by atoms with Gasteiger partial charge in [-0.3, -0.25) is 9.36 Å². The average Bonchev–Trinajstić information content (AvgIpc) is 3.34. The van der Waals surface area contributed by atoms with Gasteiger partial charge in [0.2, 0.25) is 0 Å². The zero-order valence-corrected chi connectivity index (χ0v) is 20.7. The highest BCUT2D eigenvalue weighted by Crippen LogP contribution is 2.46. The van der Waals surface area contributed by atoms with Crippen LogP contribution in [0, 0.1) is 11.3 Å². The molecule has 0 aliphatic carbocycles. The number of esters is 1. The summed E-state index contributed by atoms with van der Waals surface area (Å²) in [6, 6.07) is 18.5. The molecular formula is C26H23N3O3S2. The zero-order chi connectivity index (χ0) is 24.2. The van der Waals surface area contributed by atoms with Crippen LogP contribution in [0.25, 0.3) is 22.8 Å². The monoisotopic (exact) mass is 489 g/mol. The van der Waals surface area contributed by atoms with E-state index in [1.165, 1.54) is 4.57 Å². The SMILES string of the molecule is CCOC(=O)/C(C#N)=c1/s/c(=C/C=C2\Sc3ccc(-c4ccccc4)cc3N2C)c(=O)n1CC. The van der Waals surface area contributed by atoms with Crippen LogP contribution < -0.4 is 19.7 Å². The maximum atomic E-state index is 12.9. The van der Waals surface area contributed by atoms with E-state index >= 15 is 0 Å². The van der Waals surface area contributed by atoms with Crippen LogP contribution in [0.4, 0.5) is 5.69 Å². The van der Waals surface area contributed by atoms with Crippen molar-refractivity contribution in [2.45, 2.75) is 25.3 Å². The van der Waals surface area contributed by atoms with Gasteiger partial charge in [0.25, 0.3) is 5.56 Å². The molecule has 3 aromatic rings. The van der Waals surface area contributed by atoms with Crippen molar-refractivity contribution in [2.75, 3.05) is 18.6 Å². The molecule has 0 spiro atoms. The first kappa shape index (κ1) is 23.6. The van der Waals surface area contributed by atoms with E-state index in [-0.39, 0.29) is 17.7 Å². The summed E-state index contributed by atoms with van der Waals surface area (Å²) in [4.78, 5) is 28.4. The van der Waals surface area contributed by atoms with Crippen LogP contribution in [-0.4, -0.2) is 24.2 Å². The predicted octanol–water partition coefficient (Wildman–Crippen LogP) is 3.70. The first-order chi connectivity index (χ1) is 16.5. The van der Waals surface area contributed by atoms with Crippen molar-refractivity contribution in [2.24, 2.45) is 0 Å². The van der Waals surface area contributed by atoms with E-state index < -0.39 is 5.97 Å². The molecule has 0 saturated carbocycles. The van der Waals surface area contributed by atoms with E-state index in [2.05, 4.69) is 35.2 Å². The number of thioether (sulfide) groups is 1. The molecule has 2 heterocycles. The van der Waals surface area contributed by atoms with Gasteiger partial charge in [0.1, 0.15) is 10.7 Å². The Hall–Kier alpha value is -3.54. The Morgan fingerprint density at radius 1 is 1.12 bits per heavy atom. The third kappa shape index (κ3) is 4.45. The molecule has 1 aromatic heterocycles. The maximum Gasteiger partial charge on any atom is 0.351 e. The minimum absolute atomic E-state index is 0.147. The van der Waals surface area contributed by atoms with Gasteiger partial charge in [-0.15, -0.1) is 11.3 Å². The minimum Gasteiger partial charge on any atom is -0.462 e. The molecule has 0 atom stereocenters. The molecule has 4 rings (SSSR count). The molecule has 0 saturated heterocycles.